The zero-order valence-electron chi connectivity index (χ0n) is 12.6. The number of amides is 1. The van der Waals surface area contributed by atoms with E-state index in [1.165, 1.54) is 0 Å². The first-order chi connectivity index (χ1) is 10.6. The Morgan fingerprint density at radius 3 is 2.59 bits per heavy atom. The number of piperidine rings is 1. The van der Waals surface area contributed by atoms with Crippen molar-refractivity contribution in [3.8, 4) is 5.69 Å². The van der Waals surface area contributed by atoms with Crippen molar-refractivity contribution in [2.75, 3.05) is 13.1 Å². The lowest BCUT2D eigenvalue weighted by Crippen LogP contribution is -2.41. The summed E-state index contributed by atoms with van der Waals surface area (Å²) >= 11 is 0. The molecule has 3 rings (SSSR count). The fraction of sp³-hybridized carbons (Fsp3) is 0.438. The zero-order chi connectivity index (χ0) is 15.5. The summed E-state index contributed by atoms with van der Waals surface area (Å²) in [6.07, 6.45) is 2.89. The van der Waals surface area contributed by atoms with Crippen molar-refractivity contribution >= 4 is 5.91 Å². The van der Waals surface area contributed by atoms with Gasteiger partial charge in [-0.3, -0.25) is 4.79 Å². The molecule has 1 aliphatic heterocycles. The average Bonchev–Trinajstić information content (AvgIpc) is 3.05. The molecule has 1 aliphatic rings. The molecule has 2 heterocycles. The summed E-state index contributed by atoms with van der Waals surface area (Å²) in [5, 5.41) is 13.9. The molecule has 2 aromatic rings. The molecule has 6 nitrogen and oxygen atoms in total. The third-order valence-corrected chi connectivity index (χ3v) is 4.21. The molecule has 1 saturated heterocycles. The minimum Gasteiger partial charge on any atom is -0.393 e. The van der Waals surface area contributed by atoms with Gasteiger partial charge in [0.15, 0.2) is 0 Å². The number of para-hydroxylation sites is 1. The number of hydrogen-bond acceptors (Lipinski definition) is 4. The largest absolute Gasteiger partial charge is 0.393 e. The average molecular weight is 300 g/mol. The first kappa shape index (κ1) is 14.7. The summed E-state index contributed by atoms with van der Waals surface area (Å²) < 4.78 is 1.61. The third-order valence-electron chi connectivity index (χ3n) is 4.21. The molecule has 0 radical (unpaired) electrons. The van der Waals surface area contributed by atoms with Crippen LogP contribution in [-0.2, 0) is 0 Å². The first-order valence-electron chi connectivity index (χ1n) is 7.59. The molecule has 1 unspecified atom stereocenters. The molecule has 0 aliphatic carbocycles. The van der Waals surface area contributed by atoms with Gasteiger partial charge in [-0.2, -0.15) is 0 Å². The minimum atomic E-state index is -0.312. The van der Waals surface area contributed by atoms with Crippen molar-refractivity contribution in [3.63, 3.8) is 0 Å². The van der Waals surface area contributed by atoms with Crippen LogP contribution in [0.15, 0.2) is 36.7 Å². The Morgan fingerprint density at radius 1 is 1.27 bits per heavy atom. The summed E-state index contributed by atoms with van der Waals surface area (Å²) in [4.78, 5) is 18.3. The monoisotopic (exact) mass is 300 g/mol. The van der Waals surface area contributed by atoms with Crippen molar-refractivity contribution < 1.29 is 9.90 Å². The van der Waals surface area contributed by atoms with E-state index in [9.17, 15) is 9.90 Å². The van der Waals surface area contributed by atoms with Crippen LogP contribution in [0, 0.1) is 5.92 Å². The second-order valence-electron chi connectivity index (χ2n) is 5.72. The van der Waals surface area contributed by atoms with Gasteiger partial charge in [0.25, 0.3) is 5.91 Å². The smallest absolute Gasteiger partial charge is 0.293 e. The highest BCUT2D eigenvalue weighted by Gasteiger charge is 2.27. The van der Waals surface area contributed by atoms with E-state index in [1.807, 2.05) is 37.3 Å². The van der Waals surface area contributed by atoms with Crippen LogP contribution in [0.25, 0.3) is 5.69 Å². The number of aromatic nitrogens is 3. The lowest BCUT2D eigenvalue weighted by atomic mass is 9.92. The summed E-state index contributed by atoms with van der Waals surface area (Å²) in [7, 11) is 0. The number of aliphatic hydroxyl groups excluding tert-OH is 1. The Morgan fingerprint density at radius 2 is 1.95 bits per heavy atom. The van der Waals surface area contributed by atoms with Crippen molar-refractivity contribution in [3.05, 3.63) is 42.5 Å². The van der Waals surface area contributed by atoms with Crippen LogP contribution in [0.4, 0.5) is 0 Å². The molecule has 0 bridgehead atoms. The normalized spacial score (nSPS) is 17.5. The number of benzene rings is 1. The lowest BCUT2D eigenvalue weighted by Gasteiger charge is -2.32. The molecule has 1 atom stereocenters. The van der Waals surface area contributed by atoms with Crippen molar-refractivity contribution in [1.82, 2.24) is 19.7 Å². The second-order valence-corrected chi connectivity index (χ2v) is 5.72. The SMILES string of the molecule is CC(O)C1CCN(C(=O)c2ncn(-c3ccccc3)n2)CC1. The number of carbonyl (C=O) groups excluding carboxylic acids is 1. The number of nitrogens with zero attached hydrogens (tertiary/aromatic N) is 4. The van der Waals surface area contributed by atoms with Gasteiger partial charge in [-0.1, -0.05) is 18.2 Å². The molecule has 116 valence electrons. The highest BCUT2D eigenvalue weighted by Crippen LogP contribution is 2.21. The maximum atomic E-state index is 12.4. The Kier molecular flexibility index (Phi) is 4.20. The molecule has 0 saturated carbocycles. The summed E-state index contributed by atoms with van der Waals surface area (Å²) in [5.41, 5.74) is 0.877. The van der Waals surface area contributed by atoms with Crippen LogP contribution < -0.4 is 0 Å². The number of hydrogen-bond donors (Lipinski definition) is 1. The van der Waals surface area contributed by atoms with Gasteiger partial charge in [0.1, 0.15) is 6.33 Å². The van der Waals surface area contributed by atoms with Gasteiger partial charge in [-0.15, -0.1) is 5.10 Å². The van der Waals surface area contributed by atoms with Gasteiger partial charge in [0, 0.05) is 13.1 Å². The van der Waals surface area contributed by atoms with E-state index in [-0.39, 0.29) is 23.8 Å². The topological polar surface area (TPSA) is 71.2 Å². The van der Waals surface area contributed by atoms with Crippen LogP contribution in [0.5, 0.6) is 0 Å². The lowest BCUT2D eigenvalue weighted by molar-refractivity contribution is 0.0512. The predicted molar refractivity (Wildman–Crippen MR) is 81.7 cm³/mol. The van der Waals surface area contributed by atoms with Crippen molar-refractivity contribution in [1.29, 1.82) is 0 Å². The van der Waals surface area contributed by atoms with Crippen LogP contribution >= 0.6 is 0 Å². The van der Waals surface area contributed by atoms with Gasteiger partial charge >= 0.3 is 0 Å². The number of rotatable bonds is 3. The van der Waals surface area contributed by atoms with Gasteiger partial charge < -0.3 is 10.0 Å². The fourth-order valence-corrected chi connectivity index (χ4v) is 2.79. The Labute approximate surface area is 129 Å². The van der Waals surface area contributed by atoms with E-state index in [1.54, 1.807) is 15.9 Å². The van der Waals surface area contributed by atoms with Crippen molar-refractivity contribution in [2.45, 2.75) is 25.9 Å². The predicted octanol–water partition coefficient (Wildman–Crippen LogP) is 1.50. The molecule has 1 amide bonds. The van der Waals surface area contributed by atoms with E-state index in [2.05, 4.69) is 10.1 Å². The summed E-state index contributed by atoms with van der Waals surface area (Å²) in [5.74, 6) is 0.358. The third kappa shape index (κ3) is 3.01. The molecule has 1 N–H and O–H groups in total. The fourth-order valence-electron chi connectivity index (χ4n) is 2.79. The maximum Gasteiger partial charge on any atom is 0.293 e. The highest BCUT2D eigenvalue weighted by molar-refractivity contribution is 5.90. The molecule has 1 aromatic heterocycles. The Hall–Kier alpha value is -2.21. The molecule has 1 fully saturated rings. The Balaban J connectivity index is 1.68. The molecule has 22 heavy (non-hydrogen) atoms. The number of carbonyl (C=O) groups is 1. The van der Waals surface area contributed by atoms with E-state index in [4.69, 9.17) is 0 Å². The number of aliphatic hydroxyl groups is 1. The summed E-state index contributed by atoms with van der Waals surface area (Å²) in [6, 6.07) is 9.59. The summed E-state index contributed by atoms with van der Waals surface area (Å²) in [6.45, 7) is 3.10. The van der Waals surface area contributed by atoms with E-state index in [0.29, 0.717) is 13.1 Å². The van der Waals surface area contributed by atoms with Crippen LogP contribution in [0.3, 0.4) is 0 Å². The quantitative estimate of drug-likeness (QED) is 0.932. The van der Waals surface area contributed by atoms with Crippen molar-refractivity contribution in [2.24, 2.45) is 5.92 Å². The van der Waals surface area contributed by atoms with Gasteiger partial charge in [-0.25, -0.2) is 9.67 Å². The van der Waals surface area contributed by atoms with E-state index < -0.39 is 0 Å². The zero-order valence-corrected chi connectivity index (χ0v) is 12.6. The molecule has 6 heteroatoms. The van der Waals surface area contributed by atoms with Crippen LogP contribution in [-0.4, -0.2) is 49.9 Å². The van der Waals surface area contributed by atoms with E-state index >= 15 is 0 Å². The molecule has 0 spiro atoms. The highest BCUT2D eigenvalue weighted by atomic mass is 16.3. The minimum absolute atomic E-state index is 0.140. The first-order valence-corrected chi connectivity index (χ1v) is 7.59. The van der Waals surface area contributed by atoms with Gasteiger partial charge in [0.05, 0.1) is 11.8 Å². The number of likely N-dealkylation sites (tertiary alicyclic amines) is 1. The van der Waals surface area contributed by atoms with Crippen LogP contribution in [0.2, 0.25) is 0 Å². The second kappa shape index (κ2) is 6.27. The molecule has 1 aromatic carbocycles. The standard InChI is InChI=1S/C16H20N4O2/c1-12(21)13-7-9-19(10-8-13)16(22)15-17-11-20(18-15)14-5-3-2-4-6-14/h2-6,11-13,21H,7-10H2,1H3. The van der Waals surface area contributed by atoms with Crippen LogP contribution in [0.1, 0.15) is 30.4 Å². The molecular weight excluding hydrogens is 280 g/mol. The molecular formula is C16H20N4O2. The Bertz CT molecular complexity index is 631. The van der Waals surface area contributed by atoms with Gasteiger partial charge in [-0.05, 0) is 37.8 Å². The van der Waals surface area contributed by atoms with Gasteiger partial charge in [0.2, 0.25) is 5.82 Å². The maximum absolute atomic E-state index is 12.4. The van der Waals surface area contributed by atoms with E-state index in [0.717, 1.165) is 18.5 Å².